The van der Waals surface area contributed by atoms with Crippen molar-refractivity contribution < 1.29 is 4.74 Å². The molecular weight excluding hydrogens is 316 g/mol. The fourth-order valence-electron chi connectivity index (χ4n) is 3.45. The summed E-state index contributed by atoms with van der Waals surface area (Å²) in [5, 5.41) is 0. The van der Waals surface area contributed by atoms with Crippen molar-refractivity contribution in [3.63, 3.8) is 0 Å². The molecule has 0 saturated carbocycles. The highest BCUT2D eigenvalue weighted by molar-refractivity contribution is 5.31. The van der Waals surface area contributed by atoms with E-state index >= 15 is 0 Å². The van der Waals surface area contributed by atoms with E-state index in [0.29, 0.717) is 6.61 Å². The zero-order valence-electron chi connectivity index (χ0n) is 14.6. The maximum Gasteiger partial charge on any atom is 0.225 e. The van der Waals surface area contributed by atoms with Crippen LogP contribution in [0.3, 0.4) is 0 Å². The third-order valence-electron chi connectivity index (χ3n) is 4.75. The average molecular weight is 340 g/mol. The highest BCUT2D eigenvalue weighted by Crippen LogP contribution is 2.22. The standard InChI is InChI=1S/C18H24N6O/c1-14-19-7-5-16(21-14)17-13-23(10-11-25-17)12-15-4-6-20-18(22-15)24-8-2-3-9-24/h4-7,17H,2-3,8-13H2,1H3. The van der Waals surface area contributed by atoms with Crippen LogP contribution in [-0.2, 0) is 11.3 Å². The summed E-state index contributed by atoms with van der Waals surface area (Å²) in [4.78, 5) is 22.5. The fraction of sp³-hybridized carbons (Fsp3) is 0.556. The lowest BCUT2D eigenvalue weighted by Crippen LogP contribution is -2.38. The molecule has 0 amide bonds. The van der Waals surface area contributed by atoms with Gasteiger partial charge in [-0.15, -0.1) is 0 Å². The molecule has 4 rings (SSSR count). The summed E-state index contributed by atoms with van der Waals surface area (Å²) in [7, 11) is 0. The minimum Gasteiger partial charge on any atom is -0.369 e. The molecule has 2 fully saturated rings. The Morgan fingerprint density at radius 3 is 2.76 bits per heavy atom. The number of hydrogen-bond donors (Lipinski definition) is 0. The summed E-state index contributed by atoms with van der Waals surface area (Å²) in [6, 6.07) is 3.95. The van der Waals surface area contributed by atoms with E-state index in [9.17, 15) is 0 Å². The zero-order valence-corrected chi connectivity index (χ0v) is 14.6. The summed E-state index contributed by atoms with van der Waals surface area (Å²) in [5.41, 5.74) is 2.02. The Kier molecular flexibility index (Phi) is 4.85. The quantitative estimate of drug-likeness (QED) is 0.840. The van der Waals surface area contributed by atoms with Crippen LogP contribution in [0.5, 0.6) is 0 Å². The van der Waals surface area contributed by atoms with Crippen LogP contribution in [-0.4, -0.2) is 57.6 Å². The Bertz CT molecular complexity index is 718. The number of aryl methyl sites for hydroxylation is 1. The molecule has 7 nitrogen and oxygen atoms in total. The van der Waals surface area contributed by atoms with Crippen molar-refractivity contribution in [2.24, 2.45) is 0 Å². The van der Waals surface area contributed by atoms with Crippen molar-refractivity contribution in [1.29, 1.82) is 0 Å². The van der Waals surface area contributed by atoms with Crippen LogP contribution in [0.4, 0.5) is 5.95 Å². The molecular formula is C18H24N6O. The number of nitrogens with zero attached hydrogens (tertiary/aromatic N) is 6. The summed E-state index contributed by atoms with van der Waals surface area (Å²) in [6.07, 6.45) is 6.14. The minimum absolute atomic E-state index is 0.00432. The van der Waals surface area contributed by atoms with E-state index in [0.717, 1.165) is 55.9 Å². The SMILES string of the molecule is Cc1nccc(C2CN(Cc3ccnc(N4CCCC4)n3)CCO2)n1. The first-order valence-electron chi connectivity index (χ1n) is 8.98. The lowest BCUT2D eigenvalue weighted by molar-refractivity contribution is -0.0354. The van der Waals surface area contributed by atoms with E-state index in [1.807, 2.05) is 25.3 Å². The molecule has 2 saturated heterocycles. The van der Waals surface area contributed by atoms with Crippen molar-refractivity contribution in [3.05, 3.63) is 41.7 Å². The summed E-state index contributed by atoms with van der Waals surface area (Å²) in [5.74, 6) is 1.65. The second-order valence-corrected chi connectivity index (χ2v) is 6.67. The molecule has 0 spiro atoms. The lowest BCUT2D eigenvalue weighted by atomic mass is 10.2. The van der Waals surface area contributed by atoms with E-state index in [2.05, 4.69) is 24.8 Å². The third-order valence-corrected chi connectivity index (χ3v) is 4.75. The fourth-order valence-corrected chi connectivity index (χ4v) is 3.45. The molecule has 7 heteroatoms. The summed E-state index contributed by atoms with van der Waals surface area (Å²) < 4.78 is 5.92. The molecule has 1 atom stereocenters. The van der Waals surface area contributed by atoms with Crippen LogP contribution >= 0.6 is 0 Å². The summed E-state index contributed by atoms with van der Waals surface area (Å²) >= 11 is 0. The molecule has 4 heterocycles. The van der Waals surface area contributed by atoms with Gasteiger partial charge in [-0.2, -0.15) is 0 Å². The Morgan fingerprint density at radius 1 is 1.08 bits per heavy atom. The van der Waals surface area contributed by atoms with E-state index in [1.54, 1.807) is 6.20 Å². The molecule has 25 heavy (non-hydrogen) atoms. The molecule has 1 unspecified atom stereocenters. The monoisotopic (exact) mass is 340 g/mol. The van der Waals surface area contributed by atoms with Gasteiger partial charge in [0.05, 0.1) is 18.0 Å². The molecule has 132 valence electrons. The Hall–Kier alpha value is -2.12. The van der Waals surface area contributed by atoms with E-state index in [-0.39, 0.29) is 6.10 Å². The minimum atomic E-state index is -0.00432. The van der Waals surface area contributed by atoms with Crippen molar-refractivity contribution in [3.8, 4) is 0 Å². The molecule has 0 radical (unpaired) electrons. The van der Waals surface area contributed by atoms with Gasteiger partial charge in [0.1, 0.15) is 11.9 Å². The van der Waals surface area contributed by atoms with Gasteiger partial charge in [-0.1, -0.05) is 0 Å². The van der Waals surface area contributed by atoms with E-state index in [1.165, 1.54) is 12.8 Å². The van der Waals surface area contributed by atoms with Gasteiger partial charge in [0, 0.05) is 45.1 Å². The van der Waals surface area contributed by atoms with E-state index < -0.39 is 0 Å². The van der Waals surface area contributed by atoms with Gasteiger partial charge in [0.25, 0.3) is 0 Å². The van der Waals surface area contributed by atoms with Gasteiger partial charge in [-0.25, -0.2) is 19.9 Å². The topological polar surface area (TPSA) is 67.3 Å². The van der Waals surface area contributed by atoms with Crippen LogP contribution in [0.25, 0.3) is 0 Å². The molecule has 2 aromatic rings. The van der Waals surface area contributed by atoms with Crippen LogP contribution in [0.1, 0.15) is 36.2 Å². The van der Waals surface area contributed by atoms with Crippen LogP contribution in [0.2, 0.25) is 0 Å². The predicted molar refractivity (Wildman–Crippen MR) is 94.2 cm³/mol. The van der Waals surface area contributed by atoms with Gasteiger partial charge >= 0.3 is 0 Å². The van der Waals surface area contributed by atoms with Crippen molar-refractivity contribution >= 4 is 5.95 Å². The lowest BCUT2D eigenvalue weighted by Gasteiger charge is -2.32. The highest BCUT2D eigenvalue weighted by atomic mass is 16.5. The molecule has 0 aromatic carbocycles. The Morgan fingerprint density at radius 2 is 1.92 bits per heavy atom. The molecule has 0 N–H and O–H groups in total. The van der Waals surface area contributed by atoms with Crippen LogP contribution in [0, 0.1) is 6.92 Å². The average Bonchev–Trinajstić information content (AvgIpc) is 3.17. The maximum absolute atomic E-state index is 5.92. The van der Waals surface area contributed by atoms with Gasteiger partial charge in [-0.05, 0) is 31.9 Å². The third kappa shape index (κ3) is 3.93. The Balaban J connectivity index is 1.43. The molecule has 2 aliphatic rings. The first-order chi connectivity index (χ1) is 12.3. The van der Waals surface area contributed by atoms with Crippen LogP contribution < -0.4 is 4.90 Å². The smallest absolute Gasteiger partial charge is 0.225 e. The van der Waals surface area contributed by atoms with Gasteiger partial charge in [0.15, 0.2) is 0 Å². The number of rotatable bonds is 4. The highest BCUT2D eigenvalue weighted by Gasteiger charge is 2.24. The first kappa shape index (κ1) is 16.4. The zero-order chi connectivity index (χ0) is 17.1. The molecule has 0 bridgehead atoms. The molecule has 2 aliphatic heterocycles. The molecule has 0 aliphatic carbocycles. The summed E-state index contributed by atoms with van der Waals surface area (Å²) in [6.45, 7) is 7.28. The second kappa shape index (κ2) is 7.41. The van der Waals surface area contributed by atoms with E-state index in [4.69, 9.17) is 9.72 Å². The predicted octanol–water partition coefficient (Wildman–Crippen LogP) is 1.75. The van der Waals surface area contributed by atoms with Crippen molar-refractivity contribution in [2.75, 3.05) is 37.7 Å². The number of aromatic nitrogens is 4. The largest absolute Gasteiger partial charge is 0.369 e. The van der Waals surface area contributed by atoms with Crippen LogP contribution in [0.15, 0.2) is 24.5 Å². The normalized spacial score (nSPS) is 21.6. The number of anilines is 1. The number of morpholine rings is 1. The van der Waals surface area contributed by atoms with Gasteiger partial charge in [0.2, 0.25) is 5.95 Å². The first-order valence-corrected chi connectivity index (χ1v) is 8.98. The van der Waals surface area contributed by atoms with Crippen molar-refractivity contribution in [1.82, 2.24) is 24.8 Å². The van der Waals surface area contributed by atoms with Gasteiger partial charge in [-0.3, -0.25) is 4.90 Å². The number of ether oxygens (including phenoxy) is 1. The maximum atomic E-state index is 5.92. The van der Waals surface area contributed by atoms with Gasteiger partial charge < -0.3 is 9.64 Å². The molecule has 2 aromatic heterocycles. The Labute approximate surface area is 148 Å². The van der Waals surface area contributed by atoms with Crippen molar-refractivity contribution in [2.45, 2.75) is 32.4 Å². The second-order valence-electron chi connectivity index (χ2n) is 6.67. The number of hydrogen-bond acceptors (Lipinski definition) is 7.